The van der Waals surface area contributed by atoms with Crippen LogP contribution in [0.2, 0.25) is 0 Å². The first-order valence-corrected chi connectivity index (χ1v) is 7.16. The molecule has 1 N–H and O–H groups in total. The Morgan fingerprint density at radius 2 is 1.86 bits per heavy atom. The molecule has 0 fully saturated rings. The van der Waals surface area contributed by atoms with E-state index in [1.54, 1.807) is 43.5 Å². The van der Waals surface area contributed by atoms with Gasteiger partial charge in [0.1, 0.15) is 17.3 Å². The van der Waals surface area contributed by atoms with Crippen molar-refractivity contribution < 1.29 is 13.9 Å². The van der Waals surface area contributed by atoms with Gasteiger partial charge in [0, 0.05) is 18.7 Å². The molecular formula is C17H17FN2O2. The zero-order chi connectivity index (χ0) is 15.4. The van der Waals surface area contributed by atoms with Crippen molar-refractivity contribution in [3.8, 4) is 17.2 Å². The SMILES string of the molecule is COc1ccc(Oc2ccc(C3=NCCCN3)cc2F)cc1. The average Bonchev–Trinajstić information content (AvgIpc) is 2.58. The standard InChI is InChI=1S/C17H17FN2O2/c1-21-13-4-6-14(7-5-13)22-16-8-3-12(11-15(16)18)17-19-9-2-10-20-17/h3-8,11H,2,9-10H2,1H3,(H,19,20). The highest BCUT2D eigenvalue weighted by molar-refractivity contribution is 5.99. The van der Waals surface area contributed by atoms with Crippen molar-refractivity contribution in [3.05, 3.63) is 53.8 Å². The zero-order valence-electron chi connectivity index (χ0n) is 12.3. The first kappa shape index (κ1) is 14.4. The van der Waals surface area contributed by atoms with Gasteiger partial charge in [-0.3, -0.25) is 4.99 Å². The van der Waals surface area contributed by atoms with E-state index < -0.39 is 5.82 Å². The summed E-state index contributed by atoms with van der Waals surface area (Å²) in [7, 11) is 1.59. The van der Waals surface area contributed by atoms with Gasteiger partial charge in [0.15, 0.2) is 11.6 Å². The number of methoxy groups -OCH3 is 1. The topological polar surface area (TPSA) is 42.9 Å². The van der Waals surface area contributed by atoms with Crippen LogP contribution in [0.3, 0.4) is 0 Å². The van der Waals surface area contributed by atoms with Crippen molar-refractivity contribution in [1.82, 2.24) is 5.32 Å². The lowest BCUT2D eigenvalue weighted by Gasteiger charge is -2.15. The van der Waals surface area contributed by atoms with Crippen molar-refractivity contribution in [2.75, 3.05) is 20.2 Å². The van der Waals surface area contributed by atoms with Gasteiger partial charge in [-0.2, -0.15) is 0 Å². The minimum Gasteiger partial charge on any atom is -0.497 e. The van der Waals surface area contributed by atoms with Gasteiger partial charge in [0.05, 0.1) is 7.11 Å². The Hall–Kier alpha value is -2.56. The van der Waals surface area contributed by atoms with E-state index in [-0.39, 0.29) is 5.75 Å². The van der Waals surface area contributed by atoms with E-state index in [4.69, 9.17) is 9.47 Å². The molecule has 5 heteroatoms. The number of benzene rings is 2. The number of hydrogen-bond donors (Lipinski definition) is 1. The maximum Gasteiger partial charge on any atom is 0.166 e. The molecule has 4 nitrogen and oxygen atoms in total. The van der Waals surface area contributed by atoms with Gasteiger partial charge in [-0.15, -0.1) is 0 Å². The van der Waals surface area contributed by atoms with Crippen LogP contribution >= 0.6 is 0 Å². The summed E-state index contributed by atoms with van der Waals surface area (Å²) >= 11 is 0. The second kappa shape index (κ2) is 6.47. The predicted octanol–water partition coefficient (Wildman–Crippen LogP) is 3.37. The summed E-state index contributed by atoms with van der Waals surface area (Å²) in [6.07, 6.45) is 1.00. The average molecular weight is 300 g/mol. The summed E-state index contributed by atoms with van der Waals surface area (Å²) in [5.41, 5.74) is 0.735. The Balaban J connectivity index is 1.78. The molecule has 0 aliphatic carbocycles. The van der Waals surface area contributed by atoms with Gasteiger partial charge >= 0.3 is 0 Å². The first-order valence-electron chi connectivity index (χ1n) is 7.16. The molecule has 1 aliphatic rings. The van der Waals surface area contributed by atoms with Gasteiger partial charge in [-0.25, -0.2) is 4.39 Å². The Kier molecular flexibility index (Phi) is 4.23. The summed E-state index contributed by atoms with van der Waals surface area (Å²) in [4.78, 5) is 4.36. The maximum absolute atomic E-state index is 14.2. The first-order chi connectivity index (χ1) is 10.8. The number of amidine groups is 1. The minimum absolute atomic E-state index is 0.185. The summed E-state index contributed by atoms with van der Waals surface area (Å²) in [6.45, 7) is 1.64. The van der Waals surface area contributed by atoms with E-state index in [0.717, 1.165) is 36.7 Å². The summed E-state index contributed by atoms with van der Waals surface area (Å²) in [5.74, 6) is 1.79. The third-order valence-electron chi connectivity index (χ3n) is 3.39. The van der Waals surface area contributed by atoms with Crippen LogP contribution in [0.4, 0.5) is 4.39 Å². The van der Waals surface area contributed by atoms with Crippen LogP contribution in [0.5, 0.6) is 17.2 Å². The number of aliphatic imine (C=N–C) groups is 1. The van der Waals surface area contributed by atoms with Crippen LogP contribution in [0, 0.1) is 5.82 Å². The smallest absolute Gasteiger partial charge is 0.166 e. The van der Waals surface area contributed by atoms with Crippen LogP contribution < -0.4 is 14.8 Å². The molecule has 0 bridgehead atoms. The number of nitrogens with one attached hydrogen (secondary N) is 1. The molecule has 0 aromatic heterocycles. The molecular weight excluding hydrogens is 283 g/mol. The highest BCUT2D eigenvalue weighted by atomic mass is 19.1. The molecule has 1 aliphatic heterocycles. The molecule has 3 rings (SSSR count). The monoisotopic (exact) mass is 300 g/mol. The number of halogens is 1. The Labute approximate surface area is 128 Å². The predicted molar refractivity (Wildman–Crippen MR) is 83.5 cm³/mol. The van der Waals surface area contributed by atoms with Crippen molar-refractivity contribution in [2.24, 2.45) is 4.99 Å². The largest absolute Gasteiger partial charge is 0.497 e. The highest BCUT2D eigenvalue weighted by Crippen LogP contribution is 2.26. The molecule has 1 heterocycles. The van der Waals surface area contributed by atoms with Crippen molar-refractivity contribution in [2.45, 2.75) is 6.42 Å². The Bertz CT molecular complexity index is 684. The normalized spacial score (nSPS) is 14.0. The van der Waals surface area contributed by atoms with E-state index in [0.29, 0.717) is 5.75 Å². The fourth-order valence-electron chi connectivity index (χ4n) is 2.23. The molecule has 114 valence electrons. The lowest BCUT2D eigenvalue weighted by atomic mass is 10.1. The zero-order valence-corrected chi connectivity index (χ0v) is 12.3. The third kappa shape index (κ3) is 3.19. The van der Waals surface area contributed by atoms with Crippen LogP contribution in [0.15, 0.2) is 47.5 Å². The minimum atomic E-state index is -0.414. The summed E-state index contributed by atoms with van der Waals surface area (Å²) in [6, 6.07) is 11.9. The van der Waals surface area contributed by atoms with Crippen LogP contribution in [-0.2, 0) is 0 Å². The van der Waals surface area contributed by atoms with Gasteiger partial charge in [-0.1, -0.05) is 0 Å². The molecule has 2 aromatic carbocycles. The molecule has 0 saturated heterocycles. The van der Waals surface area contributed by atoms with Crippen LogP contribution in [-0.4, -0.2) is 26.0 Å². The number of ether oxygens (including phenoxy) is 2. The lowest BCUT2D eigenvalue weighted by molar-refractivity contribution is 0.411. The second-order valence-corrected chi connectivity index (χ2v) is 4.93. The summed E-state index contributed by atoms with van der Waals surface area (Å²) < 4.78 is 24.8. The van der Waals surface area contributed by atoms with E-state index >= 15 is 0 Å². The van der Waals surface area contributed by atoms with Gasteiger partial charge in [0.2, 0.25) is 0 Å². The van der Waals surface area contributed by atoms with Gasteiger partial charge in [0.25, 0.3) is 0 Å². The quantitative estimate of drug-likeness (QED) is 0.941. The Morgan fingerprint density at radius 3 is 2.50 bits per heavy atom. The van der Waals surface area contributed by atoms with Crippen molar-refractivity contribution in [3.63, 3.8) is 0 Å². The van der Waals surface area contributed by atoms with Crippen molar-refractivity contribution >= 4 is 5.84 Å². The molecule has 2 aromatic rings. The summed E-state index contributed by atoms with van der Waals surface area (Å²) in [5, 5.41) is 3.17. The lowest BCUT2D eigenvalue weighted by Crippen LogP contribution is -2.30. The van der Waals surface area contributed by atoms with Crippen LogP contribution in [0.25, 0.3) is 0 Å². The highest BCUT2D eigenvalue weighted by Gasteiger charge is 2.11. The fraction of sp³-hybridized carbons (Fsp3) is 0.235. The van der Waals surface area contributed by atoms with E-state index in [1.807, 2.05) is 0 Å². The maximum atomic E-state index is 14.2. The van der Waals surface area contributed by atoms with Gasteiger partial charge in [-0.05, 0) is 48.9 Å². The number of hydrogen-bond acceptors (Lipinski definition) is 4. The van der Waals surface area contributed by atoms with Crippen molar-refractivity contribution in [1.29, 1.82) is 0 Å². The van der Waals surface area contributed by atoms with E-state index in [9.17, 15) is 4.39 Å². The third-order valence-corrected chi connectivity index (χ3v) is 3.39. The molecule has 22 heavy (non-hydrogen) atoms. The molecule has 0 unspecified atom stereocenters. The van der Waals surface area contributed by atoms with E-state index in [1.165, 1.54) is 6.07 Å². The molecule has 0 radical (unpaired) electrons. The molecule has 0 amide bonds. The molecule has 0 atom stereocenters. The van der Waals surface area contributed by atoms with E-state index in [2.05, 4.69) is 10.3 Å². The van der Waals surface area contributed by atoms with Crippen LogP contribution in [0.1, 0.15) is 12.0 Å². The second-order valence-electron chi connectivity index (χ2n) is 4.93. The number of rotatable bonds is 4. The van der Waals surface area contributed by atoms with Gasteiger partial charge < -0.3 is 14.8 Å². The fourth-order valence-corrected chi connectivity index (χ4v) is 2.23. The number of nitrogens with zero attached hydrogens (tertiary/aromatic N) is 1. The molecule has 0 saturated carbocycles. The Morgan fingerprint density at radius 1 is 1.09 bits per heavy atom. The molecule has 0 spiro atoms.